The largest absolute Gasteiger partial charge is 0.345 e. The summed E-state index contributed by atoms with van der Waals surface area (Å²) in [7, 11) is 0.625. The predicted molar refractivity (Wildman–Crippen MR) is 80.5 cm³/mol. The molecule has 0 aromatic heterocycles. The lowest BCUT2D eigenvalue weighted by molar-refractivity contribution is -0.135. The average molecular weight is 305 g/mol. The topological polar surface area (TPSA) is 53.1 Å². The Morgan fingerprint density at radius 2 is 1.80 bits per heavy atom. The molecule has 1 heterocycles. The van der Waals surface area contributed by atoms with Gasteiger partial charge < -0.3 is 9.42 Å². The van der Waals surface area contributed by atoms with Gasteiger partial charge in [-0.2, -0.15) is 0 Å². The number of carbonyl (C=O) groups excluding carboxylic acids is 1. The zero-order valence-corrected chi connectivity index (χ0v) is 14.2. The second-order valence-corrected chi connectivity index (χ2v) is 8.21. The molecule has 7 heteroatoms. The second kappa shape index (κ2) is 7.55. The van der Waals surface area contributed by atoms with Crippen molar-refractivity contribution >= 4 is 13.6 Å². The molecule has 1 aliphatic heterocycles. The van der Waals surface area contributed by atoms with E-state index in [1.165, 1.54) is 0 Å². The van der Waals surface area contributed by atoms with Crippen LogP contribution in [0.2, 0.25) is 0 Å². The van der Waals surface area contributed by atoms with Crippen molar-refractivity contribution in [1.29, 1.82) is 0 Å². The van der Waals surface area contributed by atoms with E-state index in [0.717, 1.165) is 6.42 Å². The highest BCUT2D eigenvalue weighted by Gasteiger charge is 2.37. The summed E-state index contributed by atoms with van der Waals surface area (Å²) in [6.07, 6.45) is 0.837. The van der Waals surface area contributed by atoms with Gasteiger partial charge in [0.2, 0.25) is 5.91 Å². The SMILES string of the molecule is CCCOP(=O)(N(C)C)N1CCN(C(=O)C(C)C)CC1. The summed E-state index contributed by atoms with van der Waals surface area (Å²) in [5, 5.41) is 0. The molecule has 0 saturated carbocycles. The molecule has 1 unspecified atom stereocenters. The lowest BCUT2D eigenvalue weighted by Gasteiger charge is -2.40. The van der Waals surface area contributed by atoms with Gasteiger partial charge in [-0.25, -0.2) is 9.34 Å². The smallest absolute Gasteiger partial charge is 0.340 e. The molecule has 1 saturated heterocycles. The number of nitrogens with zero attached hydrogens (tertiary/aromatic N) is 3. The highest BCUT2D eigenvalue weighted by molar-refractivity contribution is 7.53. The molecule has 0 aliphatic carbocycles. The molecule has 1 atom stereocenters. The van der Waals surface area contributed by atoms with Crippen LogP contribution in [0.1, 0.15) is 27.2 Å². The van der Waals surface area contributed by atoms with Gasteiger partial charge in [0.25, 0.3) is 0 Å². The zero-order valence-electron chi connectivity index (χ0n) is 13.3. The van der Waals surface area contributed by atoms with E-state index in [9.17, 15) is 9.36 Å². The minimum atomic E-state index is -2.94. The third-order valence-electron chi connectivity index (χ3n) is 3.39. The molecule has 1 aliphatic rings. The number of hydrogen-bond acceptors (Lipinski definition) is 3. The Morgan fingerprint density at radius 3 is 2.20 bits per heavy atom. The van der Waals surface area contributed by atoms with Gasteiger partial charge in [0.1, 0.15) is 0 Å². The quantitative estimate of drug-likeness (QED) is 0.701. The number of amides is 1. The van der Waals surface area contributed by atoms with Gasteiger partial charge in [0, 0.05) is 32.1 Å². The van der Waals surface area contributed by atoms with Crippen LogP contribution in [-0.4, -0.2) is 67.0 Å². The number of carbonyl (C=O) groups is 1. The van der Waals surface area contributed by atoms with E-state index in [1.807, 2.05) is 30.3 Å². The molecule has 0 bridgehead atoms. The van der Waals surface area contributed by atoms with Crippen molar-refractivity contribution in [3.05, 3.63) is 0 Å². The lowest BCUT2D eigenvalue weighted by atomic mass is 10.2. The van der Waals surface area contributed by atoms with Gasteiger partial charge >= 0.3 is 7.67 Å². The van der Waals surface area contributed by atoms with Crippen LogP contribution < -0.4 is 0 Å². The van der Waals surface area contributed by atoms with E-state index in [0.29, 0.717) is 32.8 Å². The van der Waals surface area contributed by atoms with Gasteiger partial charge in [-0.3, -0.25) is 9.36 Å². The van der Waals surface area contributed by atoms with Crippen LogP contribution in [0.5, 0.6) is 0 Å². The Balaban J connectivity index is 2.66. The van der Waals surface area contributed by atoms with Gasteiger partial charge in [0.15, 0.2) is 0 Å². The first-order valence-electron chi connectivity index (χ1n) is 7.29. The summed E-state index contributed by atoms with van der Waals surface area (Å²) >= 11 is 0. The van der Waals surface area contributed by atoms with Crippen LogP contribution in [0.4, 0.5) is 0 Å². The third-order valence-corrected chi connectivity index (χ3v) is 6.03. The summed E-state index contributed by atoms with van der Waals surface area (Å²) in [6, 6.07) is 0. The van der Waals surface area contributed by atoms with E-state index >= 15 is 0 Å². The maximum atomic E-state index is 13.0. The molecule has 0 spiro atoms. The highest BCUT2D eigenvalue weighted by Crippen LogP contribution is 2.52. The molecule has 1 amide bonds. The Labute approximate surface area is 122 Å². The first kappa shape index (κ1) is 17.6. The summed E-state index contributed by atoms with van der Waals surface area (Å²) in [5.41, 5.74) is 0. The van der Waals surface area contributed by atoms with Crippen LogP contribution in [0, 0.1) is 5.92 Å². The molecule has 0 aromatic carbocycles. The van der Waals surface area contributed by atoms with Crippen LogP contribution >= 0.6 is 7.67 Å². The maximum Gasteiger partial charge on any atom is 0.345 e. The average Bonchev–Trinajstić information content (AvgIpc) is 2.43. The molecule has 0 aromatic rings. The Kier molecular flexibility index (Phi) is 6.65. The Hall–Kier alpha value is -0.420. The maximum absolute atomic E-state index is 13.0. The van der Waals surface area contributed by atoms with Gasteiger partial charge in [-0.15, -0.1) is 0 Å². The van der Waals surface area contributed by atoms with Crippen molar-refractivity contribution in [3.63, 3.8) is 0 Å². The molecule has 1 fully saturated rings. The molecule has 0 radical (unpaired) electrons. The van der Waals surface area contributed by atoms with Gasteiger partial charge in [-0.05, 0) is 20.5 Å². The van der Waals surface area contributed by atoms with E-state index in [-0.39, 0.29) is 11.8 Å². The second-order valence-electron chi connectivity index (χ2n) is 5.60. The number of rotatable bonds is 6. The minimum Gasteiger partial charge on any atom is -0.340 e. The molecule has 118 valence electrons. The monoisotopic (exact) mass is 305 g/mol. The van der Waals surface area contributed by atoms with Crippen molar-refractivity contribution in [2.45, 2.75) is 27.2 Å². The summed E-state index contributed by atoms with van der Waals surface area (Å²) in [4.78, 5) is 13.8. The van der Waals surface area contributed by atoms with Crippen molar-refractivity contribution in [1.82, 2.24) is 14.2 Å². The predicted octanol–water partition coefficient (Wildman–Crippen LogP) is 1.88. The van der Waals surface area contributed by atoms with Crippen molar-refractivity contribution in [2.75, 3.05) is 46.9 Å². The molecule has 1 rings (SSSR count). The fourth-order valence-electron chi connectivity index (χ4n) is 2.19. The third kappa shape index (κ3) is 4.04. The fourth-order valence-corrected chi connectivity index (χ4v) is 4.20. The van der Waals surface area contributed by atoms with Gasteiger partial charge in [-0.1, -0.05) is 20.8 Å². The van der Waals surface area contributed by atoms with Gasteiger partial charge in [0.05, 0.1) is 6.61 Å². The number of piperazine rings is 1. The normalized spacial score (nSPS) is 20.4. The van der Waals surface area contributed by atoms with E-state index in [1.54, 1.807) is 18.8 Å². The van der Waals surface area contributed by atoms with Crippen LogP contribution in [0.25, 0.3) is 0 Å². The summed E-state index contributed by atoms with van der Waals surface area (Å²) in [5.74, 6) is 0.178. The molecular formula is C13H28N3O3P. The van der Waals surface area contributed by atoms with E-state index in [4.69, 9.17) is 4.52 Å². The Morgan fingerprint density at radius 1 is 1.25 bits per heavy atom. The number of hydrogen-bond donors (Lipinski definition) is 0. The lowest BCUT2D eigenvalue weighted by Crippen LogP contribution is -2.49. The van der Waals surface area contributed by atoms with Crippen molar-refractivity contribution < 1.29 is 13.9 Å². The van der Waals surface area contributed by atoms with Crippen LogP contribution in [0.3, 0.4) is 0 Å². The highest BCUT2D eigenvalue weighted by atomic mass is 31.2. The first-order chi connectivity index (χ1) is 9.32. The van der Waals surface area contributed by atoms with Crippen molar-refractivity contribution in [3.8, 4) is 0 Å². The molecule has 6 nitrogen and oxygen atoms in total. The molecular weight excluding hydrogens is 277 g/mol. The fraction of sp³-hybridized carbons (Fsp3) is 0.923. The van der Waals surface area contributed by atoms with Crippen LogP contribution in [-0.2, 0) is 13.9 Å². The summed E-state index contributed by atoms with van der Waals surface area (Å²) < 4.78 is 22.1. The van der Waals surface area contributed by atoms with Crippen LogP contribution in [0.15, 0.2) is 0 Å². The Bertz CT molecular complexity index is 366. The van der Waals surface area contributed by atoms with Crippen molar-refractivity contribution in [2.24, 2.45) is 5.92 Å². The van der Waals surface area contributed by atoms with E-state index in [2.05, 4.69) is 0 Å². The zero-order chi connectivity index (χ0) is 15.3. The first-order valence-corrected chi connectivity index (χ1v) is 8.82. The standard InChI is InChI=1S/C13H28N3O3P/c1-6-11-19-20(18,14(4)5)16-9-7-15(8-10-16)13(17)12(2)3/h12H,6-11H2,1-5H3. The van der Waals surface area contributed by atoms with E-state index < -0.39 is 7.67 Å². The molecule has 0 N–H and O–H groups in total. The molecule has 20 heavy (non-hydrogen) atoms. The minimum absolute atomic E-state index is 0.0125. The summed E-state index contributed by atoms with van der Waals surface area (Å²) in [6.45, 7) is 8.72.